The monoisotopic (exact) mass is 393 g/mol. The van der Waals surface area contributed by atoms with Crippen molar-refractivity contribution < 1.29 is 0 Å². The normalized spacial score (nSPS) is 20.5. The lowest BCUT2D eigenvalue weighted by molar-refractivity contribution is 1.48. The molecule has 0 N–H and O–H groups in total. The molecule has 1 fully saturated rings. The molecule has 2 aliphatic heterocycles. The highest BCUT2D eigenvalue weighted by Gasteiger charge is 2.40. The second kappa shape index (κ2) is 5.83. The van der Waals surface area contributed by atoms with E-state index in [1.54, 1.807) is 0 Å². The van der Waals surface area contributed by atoms with Crippen molar-refractivity contribution in [2.45, 2.75) is 4.90 Å². The molecule has 0 saturated carbocycles. The fourth-order valence-electron chi connectivity index (χ4n) is 2.65. The number of fused-ring (bicyclic) bond motifs is 4. The number of hydrogen-bond donors (Lipinski definition) is 0. The molecule has 1 unspecified atom stereocenters. The lowest BCUT2D eigenvalue weighted by atomic mass is 10.0. The Morgan fingerprint density at radius 2 is 1.55 bits per heavy atom. The van der Waals surface area contributed by atoms with Crippen molar-refractivity contribution in [3.05, 3.63) is 58.3 Å². The largest absolute Gasteiger partial charge is 0.227 e. The van der Waals surface area contributed by atoms with Crippen LogP contribution in [0, 0.1) is 0 Å². The zero-order chi connectivity index (χ0) is 14.5. The van der Waals surface area contributed by atoms with Crippen molar-refractivity contribution in [3.8, 4) is 0 Å². The Morgan fingerprint density at radius 1 is 0.773 bits per heavy atom. The summed E-state index contributed by atoms with van der Waals surface area (Å²) in [6.07, 6.45) is 2.40. The maximum absolute atomic E-state index is 2.40. The lowest BCUT2D eigenvalue weighted by Gasteiger charge is -2.16. The number of benzene rings is 3. The van der Waals surface area contributed by atoms with Crippen LogP contribution >= 0.6 is 51.1 Å². The highest BCUT2D eigenvalue weighted by Crippen LogP contribution is 2.65. The first-order chi connectivity index (χ1) is 10.9. The zero-order valence-corrected chi connectivity index (χ0v) is 16.0. The van der Waals surface area contributed by atoms with Crippen LogP contribution in [-0.2, 0) is 8.96 Å². The van der Waals surface area contributed by atoms with Gasteiger partial charge in [0.2, 0.25) is 4.24 Å². The Balaban J connectivity index is 1.73. The highest BCUT2D eigenvalue weighted by atomic mass is 33.9. The lowest BCUT2D eigenvalue weighted by Crippen LogP contribution is -1.99. The quantitative estimate of drug-likeness (QED) is 0.219. The summed E-state index contributed by atoms with van der Waals surface area (Å²) in [5.74, 6) is 0. The van der Waals surface area contributed by atoms with Gasteiger partial charge in [-0.2, -0.15) is 0 Å². The minimum Gasteiger partial charge on any atom is -0.0616 e. The van der Waals surface area contributed by atoms with E-state index in [2.05, 4.69) is 54.6 Å². The van der Waals surface area contributed by atoms with E-state index in [4.69, 9.17) is 0 Å². The van der Waals surface area contributed by atoms with Crippen LogP contribution in [0.2, 0.25) is 0 Å². The van der Waals surface area contributed by atoms with Crippen molar-refractivity contribution in [2.75, 3.05) is 0 Å². The van der Waals surface area contributed by atoms with Gasteiger partial charge < -0.3 is 0 Å². The summed E-state index contributed by atoms with van der Waals surface area (Å²) < 4.78 is 1.52. The predicted octanol–water partition coefficient (Wildman–Crippen LogP) is 7.54. The summed E-state index contributed by atoms with van der Waals surface area (Å²) in [5.41, 5.74) is 1.38. The molecule has 22 heavy (non-hydrogen) atoms. The van der Waals surface area contributed by atoms with E-state index >= 15 is 0 Å². The van der Waals surface area contributed by atoms with Crippen LogP contribution in [-0.4, -0.2) is 0 Å². The van der Waals surface area contributed by atoms with Gasteiger partial charge in [-0.3, -0.25) is 0 Å². The SMILES string of the molecule is C1=C2SSSS[S+]2Sc2cc3cc4ccccc4cc3cc21. The maximum Gasteiger partial charge on any atom is 0.227 e. The molecular formula is C16H9S6+. The smallest absolute Gasteiger partial charge is 0.0616 e. The number of rotatable bonds is 0. The van der Waals surface area contributed by atoms with Gasteiger partial charge in [0.25, 0.3) is 0 Å². The molecule has 108 valence electrons. The summed E-state index contributed by atoms with van der Waals surface area (Å²) in [6.45, 7) is 0. The first kappa shape index (κ1) is 14.4. The number of hydrogen-bond acceptors (Lipinski definition) is 5. The third kappa shape index (κ3) is 2.48. The summed E-state index contributed by atoms with van der Waals surface area (Å²) in [5, 5.41) is 5.33. The van der Waals surface area contributed by atoms with Crippen LogP contribution in [0.25, 0.3) is 27.6 Å². The molecule has 0 nitrogen and oxygen atoms in total. The topological polar surface area (TPSA) is 0 Å². The Labute approximate surface area is 150 Å². The van der Waals surface area contributed by atoms with Crippen LogP contribution in [0.5, 0.6) is 0 Å². The summed E-state index contributed by atoms with van der Waals surface area (Å²) in [7, 11) is 10.0. The van der Waals surface area contributed by atoms with Crippen molar-refractivity contribution in [2.24, 2.45) is 0 Å². The van der Waals surface area contributed by atoms with Gasteiger partial charge in [0, 0.05) is 36.5 Å². The minimum atomic E-state index is 0.266. The first-order valence-corrected chi connectivity index (χ1v) is 14.6. The van der Waals surface area contributed by atoms with E-state index in [9.17, 15) is 0 Å². The highest BCUT2D eigenvalue weighted by molar-refractivity contribution is 9.45. The van der Waals surface area contributed by atoms with Crippen molar-refractivity contribution in [1.82, 2.24) is 0 Å². The van der Waals surface area contributed by atoms with Crippen molar-refractivity contribution in [3.63, 3.8) is 0 Å². The third-order valence-electron chi connectivity index (χ3n) is 3.67. The van der Waals surface area contributed by atoms with E-state index in [0.717, 1.165) is 0 Å². The van der Waals surface area contributed by atoms with Gasteiger partial charge in [0.05, 0.1) is 4.90 Å². The van der Waals surface area contributed by atoms with Crippen LogP contribution in [0.4, 0.5) is 0 Å². The van der Waals surface area contributed by atoms with Gasteiger partial charge >= 0.3 is 0 Å². The fourth-order valence-corrected chi connectivity index (χ4v) is 20.5. The molecule has 0 bridgehead atoms. The zero-order valence-electron chi connectivity index (χ0n) is 11.1. The van der Waals surface area contributed by atoms with Crippen molar-refractivity contribution in [1.29, 1.82) is 0 Å². The molecule has 0 aromatic heterocycles. The van der Waals surface area contributed by atoms with E-state index < -0.39 is 0 Å². The van der Waals surface area contributed by atoms with Gasteiger partial charge in [0.15, 0.2) is 29.6 Å². The van der Waals surface area contributed by atoms with Gasteiger partial charge in [0.1, 0.15) is 0 Å². The van der Waals surface area contributed by atoms with Gasteiger partial charge in [-0.05, 0) is 51.4 Å². The van der Waals surface area contributed by atoms with Crippen LogP contribution < -0.4 is 0 Å². The minimum absolute atomic E-state index is 0.266. The van der Waals surface area contributed by atoms with Gasteiger partial charge in [-0.1, -0.05) is 24.3 Å². The van der Waals surface area contributed by atoms with Crippen LogP contribution in [0.15, 0.2) is 57.7 Å². The van der Waals surface area contributed by atoms with E-state index in [0.29, 0.717) is 0 Å². The second-order valence-corrected chi connectivity index (χ2v) is 16.3. The third-order valence-corrected chi connectivity index (χ3v) is 18.4. The Morgan fingerprint density at radius 3 is 2.36 bits per heavy atom. The van der Waals surface area contributed by atoms with E-state index in [-0.39, 0.29) is 8.96 Å². The predicted molar refractivity (Wildman–Crippen MR) is 113 cm³/mol. The average molecular weight is 394 g/mol. The van der Waals surface area contributed by atoms with E-state index in [1.807, 2.05) is 51.1 Å². The first-order valence-electron chi connectivity index (χ1n) is 6.66. The molecule has 1 saturated heterocycles. The molecule has 0 spiro atoms. The molecule has 3 aromatic carbocycles. The molecule has 3 aromatic rings. The van der Waals surface area contributed by atoms with Gasteiger partial charge in [-0.25, -0.2) is 0 Å². The molecule has 1 atom stereocenters. The summed E-state index contributed by atoms with van der Waals surface area (Å²) in [4.78, 5) is 1.43. The molecule has 0 amide bonds. The van der Waals surface area contributed by atoms with E-state index in [1.165, 1.54) is 36.2 Å². The molecule has 6 heteroatoms. The molecule has 2 heterocycles. The van der Waals surface area contributed by atoms with Crippen LogP contribution in [0.3, 0.4) is 0 Å². The summed E-state index contributed by atoms with van der Waals surface area (Å²) in [6, 6.07) is 18.0. The van der Waals surface area contributed by atoms with Crippen LogP contribution in [0.1, 0.15) is 5.56 Å². The van der Waals surface area contributed by atoms with Gasteiger partial charge in [-0.15, -0.1) is 0 Å². The Bertz CT molecular complexity index is 932. The average Bonchev–Trinajstić information content (AvgIpc) is 2.56. The molecular weight excluding hydrogens is 385 g/mol. The summed E-state index contributed by atoms with van der Waals surface area (Å²) >= 11 is 0. The standard InChI is InChI=1S/C16H9S6/c1-2-4-11-6-13-8-15-14(7-12(13)5-10(11)3-1)9-16-17-19-20-21-22(16)18-15/h1-9H/q+1. The van der Waals surface area contributed by atoms with Crippen molar-refractivity contribution >= 4 is 87.6 Å². The molecule has 0 radical (unpaired) electrons. The second-order valence-electron chi connectivity index (χ2n) is 5.01. The molecule has 5 rings (SSSR count). The Hall–Kier alpha value is 0.0200. The fraction of sp³-hybridized carbons (Fsp3) is 0. The molecule has 0 aliphatic carbocycles. The molecule has 2 aliphatic rings. The maximum atomic E-state index is 2.40. The Kier molecular flexibility index (Phi) is 3.81.